The molecule has 1 aromatic rings. The van der Waals surface area contributed by atoms with Crippen LogP contribution in [0.4, 0.5) is 0 Å². The van der Waals surface area contributed by atoms with Crippen molar-refractivity contribution in [2.24, 2.45) is 0 Å². The van der Waals surface area contributed by atoms with Crippen LogP contribution in [0.5, 0.6) is 0 Å². The fourth-order valence-electron chi connectivity index (χ4n) is 2.67. The molecule has 2 atom stereocenters. The number of benzene rings is 1. The SMILES string of the molecule is CCC1CNC(C)CN1Cc1cccc(C)c1. The standard InChI is InChI=1S/C15H24N2/c1-4-15-9-16-13(3)10-17(15)11-14-7-5-6-12(2)8-14/h5-8,13,15-16H,4,9-11H2,1-3H3. The third kappa shape index (κ3) is 3.30. The Morgan fingerprint density at radius 2 is 2.24 bits per heavy atom. The minimum absolute atomic E-state index is 0.614. The minimum atomic E-state index is 0.614. The van der Waals surface area contributed by atoms with Gasteiger partial charge >= 0.3 is 0 Å². The molecule has 1 aromatic carbocycles. The van der Waals surface area contributed by atoms with Crippen LogP contribution >= 0.6 is 0 Å². The Hall–Kier alpha value is -0.860. The zero-order chi connectivity index (χ0) is 12.3. The lowest BCUT2D eigenvalue weighted by molar-refractivity contribution is 0.124. The van der Waals surface area contributed by atoms with Crippen molar-refractivity contribution >= 4 is 0 Å². The maximum absolute atomic E-state index is 3.57. The smallest absolute Gasteiger partial charge is 0.0237 e. The van der Waals surface area contributed by atoms with E-state index in [9.17, 15) is 0 Å². The van der Waals surface area contributed by atoms with E-state index in [4.69, 9.17) is 0 Å². The molecule has 0 amide bonds. The lowest BCUT2D eigenvalue weighted by Gasteiger charge is -2.39. The summed E-state index contributed by atoms with van der Waals surface area (Å²) in [6.07, 6.45) is 1.23. The van der Waals surface area contributed by atoms with Gasteiger partial charge in [0.2, 0.25) is 0 Å². The molecule has 2 heteroatoms. The van der Waals surface area contributed by atoms with Gasteiger partial charge in [0, 0.05) is 31.7 Å². The van der Waals surface area contributed by atoms with Crippen LogP contribution in [0.15, 0.2) is 24.3 Å². The first-order valence-electron chi connectivity index (χ1n) is 6.72. The van der Waals surface area contributed by atoms with Crippen molar-refractivity contribution in [3.8, 4) is 0 Å². The van der Waals surface area contributed by atoms with E-state index in [1.54, 1.807) is 0 Å². The summed E-state index contributed by atoms with van der Waals surface area (Å²) in [6.45, 7) is 10.1. The molecule has 94 valence electrons. The Morgan fingerprint density at radius 1 is 1.41 bits per heavy atom. The van der Waals surface area contributed by atoms with E-state index in [0.717, 1.165) is 19.6 Å². The van der Waals surface area contributed by atoms with Crippen molar-refractivity contribution in [1.29, 1.82) is 0 Å². The second-order valence-corrected chi connectivity index (χ2v) is 5.29. The first kappa shape index (κ1) is 12.6. The Labute approximate surface area is 105 Å². The first-order chi connectivity index (χ1) is 8.19. The summed E-state index contributed by atoms with van der Waals surface area (Å²) in [4.78, 5) is 2.62. The summed E-state index contributed by atoms with van der Waals surface area (Å²) in [5.41, 5.74) is 2.80. The van der Waals surface area contributed by atoms with Gasteiger partial charge in [0.1, 0.15) is 0 Å². The van der Waals surface area contributed by atoms with Gasteiger partial charge in [-0.1, -0.05) is 36.8 Å². The lowest BCUT2D eigenvalue weighted by Crippen LogP contribution is -2.54. The van der Waals surface area contributed by atoms with Gasteiger partial charge < -0.3 is 5.32 Å². The second kappa shape index (κ2) is 5.65. The average molecular weight is 232 g/mol. The van der Waals surface area contributed by atoms with E-state index in [-0.39, 0.29) is 0 Å². The predicted molar refractivity (Wildman–Crippen MR) is 73.1 cm³/mol. The Bertz CT molecular complexity index is 362. The molecule has 17 heavy (non-hydrogen) atoms. The number of aryl methyl sites for hydroxylation is 1. The number of hydrogen-bond acceptors (Lipinski definition) is 2. The zero-order valence-electron chi connectivity index (χ0n) is 11.2. The minimum Gasteiger partial charge on any atom is -0.311 e. The highest BCUT2D eigenvalue weighted by atomic mass is 15.2. The molecule has 0 saturated carbocycles. The Balaban J connectivity index is 2.04. The first-order valence-corrected chi connectivity index (χ1v) is 6.72. The Kier molecular flexibility index (Phi) is 4.19. The van der Waals surface area contributed by atoms with Crippen molar-refractivity contribution in [3.05, 3.63) is 35.4 Å². The van der Waals surface area contributed by atoms with Gasteiger partial charge in [-0.25, -0.2) is 0 Å². The van der Waals surface area contributed by atoms with Crippen LogP contribution in [0, 0.1) is 6.92 Å². The number of nitrogens with one attached hydrogen (secondary N) is 1. The third-order valence-corrected chi connectivity index (χ3v) is 3.67. The largest absolute Gasteiger partial charge is 0.311 e. The predicted octanol–water partition coefficient (Wildman–Crippen LogP) is 2.57. The highest BCUT2D eigenvalue weighted by molar-refractivity contribution is 5.22. The molecule has 1 aliphatic rings. The van der Waals surface area contributed by atoms with Crippen LogP contribution in [0.3, 0.4) is 0 Å². The second-order valence-electron chi connectivity index (χ2n) is 5.29. The van der Waals surface area contributed by atoms with Crippen molar-refractivity contribution in [2.75, 3.05) is 13.1 Å². The van der Waals surface area contributed by atoms with Gasteiger partial charge in [-0.2, -0.15) is 0 Å². The summed E-state index contributed by atoms with van der Waals surface area (Å²) in [7, 11) is 0. The Morgan fingerprint density at radius 3 is 2.94 bits per heavy atom. The lowest BCUT2D eigenvalue weighted by atomic mass is 10.1. The van der Waals surface area contributed by atoms with Gasteiger partial charge in [0.15, 0.2) is 0 Å². The summed E-state index contributed by atoms with van der Waals surface area (Å²) in [5.74, 6) is 0. The van der Waals surface area contributed by atoms with Crippen molar-refractivity contribution in [3.63, 3.8) is 0 Å². The van der Waals surface area contributed by atoms with E-state index >= 15 is 0 Å². The molecule has 0 radical (unpaired) electrons. The van der Waals surface area contributed by atoms with E-state index in [1.165, 1.54) is 17.5 Å². The fourth-order valence-corrected chi connectivity index (χ4v) is 2.67. The maximum Gasteiger partial charge on any atom is 0.0237 e. The summed E-state index contributed by atoms with van der Waals surface area (Å²) >= 11 is 0. The molecule has 1 aliphatic heterocycles. The topological polar surface area (TPSA) is 15.3 Å². The van der Waals surface area contributed by atoms with Crippen molar-refractivity contribution in [2.45, 2.75) is 45.8 Å². The van der Waals surface area contributed by atoms with Crippen LogP contribution in [-0.4, -0.2) is 30.1 Å². The van der Waals surface area contributed by atoms with Gasteiger partial charge in [-0.3, -0.25) is 4.90 Å². The zero-order valence-corrected chi connectivity index (χ0v) is 11.2. The monoisotopic (exact) mass is 232 g/mol. The van der Waals surface area contributed by atoms with Crippen molar-refractivity contribution < 1.29 is 0 Å². The highest BCUT2D eigenvalue weighted by Gasteiger charge is 2.24. The molecule has 1 fully saturated rings. The molecular formula is C15H24N2. The molecule has 2 rings (SSSR count). The number of piperazine rings is 1. The third-order valence-electron chi connectivity index (χ3n) is 3.67. The summed E-state index contributed by atoms with van der Waals surface area (Å²) in [5, 5.41) is 3.57. The van der Waals surface area contributed by atoms with Gasteiger partial charge in [-0.15, -0.1) is 0 Å². The molecular weight excluding hydrogens is 208 g/mol. The van der Waals surface area contributed by atoms with E-state index in [1.807, 2.05) is 0 Å². The molecule has 1 heterocycles. The van der Waals surface area contributed by atoms with E-state index in [2.05, 4.69) is 55.3 Å². The maximum atomic E-state index is 3.57. The molecule has 0 spiro atoms. The van der Waals surface area contributed by atoms with Gasteiger partial charge in [0.25, 0.3) is 0 Å². The number of hydrogen-bond donors (Lipinski definition) is 1. The molecule has 0 aliphatic carbocycles. The van der Waals surface area contributed by atoms with Crippen LogP contribution in [0.2, 0.25) is 0 Å². The van der Waals surface area contributed by atoms with E-state index < -0.39 is 0 Å². The quantitative estimate of drug-likeness (QED) is 0.861. The molecule has 0 aromatic heterocycles. The molecule has 1 N–H and O–H groups in total. The molecule has 2 unspecified atom stereocenters. The van der Waals surface area contributed by atoms with Crippen LogP contribution in [0.25, 0.3) is 0 Å². The summed E-state index contributed by atoms with van der Waals surface area (Å²) < 4.78 is 0. The normalized spacial score (nSPS) is 26.1. The highest BCUT2D eigenvalue weighted by Crippen LogP contribution is 2.15. The van der Waals surface area contributed by atoms with Crippen LogP contribution in [-0.2, 0) is 6.54 Å². The number of nitrogens with zero attached hydrogens (tertiary/aromatic N) is 1. The average Bonchev–Trinajstić information content (AvgIpc) is 2.29. The van der Waals surface area contributed by atoms with Gasteiger partial charge in [0.05, 0.1) is 0 Å². The van der Waals surface area contributed by atoms with Gasteiger partial charge in [-0.05, 0) is 25.8 Å². The van der Waals surface area contributed by atoms with Crippen LogP contribution in [0.1, 0.15) is 31.4 Å². The van der Waals surface area contributed by atoms with Crippen LogP contribution < -0.4 is 5.32 Å². The molecule has 1 saturated heterocycles. The van der Waals surface area contributed by atoms with E-state index in [0.29, 0.717) is 12.1 Å². The number of rotatable bonds is 3. The molecule has 2 nitrogen and oxygen atoms in total. The fraction of sp³-hybridized carbons (Fsp3) is 0.600. The molecule has 0 bridgehead atoms. The summed E-state index contributed by atoms with van der Waals surface area (Å²) in [6, 6.07) is 10.2. The van der Waals surface area contributed by atoms with Crippen molar-refractivity contribution in [1.82, 2.24) is 10.2 Å².